The minimum Gasteiger partial charge on any atom is -0.387 e. The quantitative estimate of drug-likeness (QED) is 0.923. The number of sulfone groups is 1. The predicted octanol–water partition coefficient (Wildman–Crippen LogP) is 2.64. The molecule has 0 bridgehead atoms. The first kappa shape index (κ1) is 14.5. The standard InChI is InChI=1S/C15H22O3S/c1-2-5-12-7-9-13(10-8-12)15(16)14-6-3-4-11-19(14,17)18/h7-10,14-16H,2-6,11H2,1H3. The van der Waals surface area contributed by atoms with E-state index in [-0.39, 0.29) is 5.75 Å². The van der Waals surface area contributed by atoms with Crippen LogP contribution in [0.4, 0.5) is 0 Å². The third-order valence-corrected chi connectivity index (χ3v) is 6.11. The van der Waals surface area contributed by atoms with E-state index in [1.165, 1.54) is 5.56 Å². The first-order chi connectivity index (χ1) is 9.04. The van der Waals surface area contributed by atoms with Gasteiger partial charge in [0.25, 0.3) is 0 Å². The number of aliphatic hydroxyl groups is 1. The Morgan fingerprint density at radius 2 is 1.95 bits per heavy atom. The van der Waals surface area contributed by atoms with Crippen molar-refractivity contribution < 1.29 is 13.5 Å². The molecule has 0 spiro atoms. The molecule has 0 radical (unpaired) electrons. The van der Waals surface area contributed by atoms with Gasteiger partial charge in [-0.1, -0.05) is 44.0 Å². The Hall–Kier alpha value is -0.870. The monoisotopic (exact) mass is 282 g/mol. The van der Waals surface area contributed by atoms with Gasteiger partial charge in [-0.2, -0.15) is 0 Å². The van der Waals surface area contributed by atoms with E-state index in [4.69, 9.17) is 0 Å². The van der Waals surface area contributed by atoms with Gasteiger partial charge >= 0.3 is 0 Å². The van der Waals surface area contributed by atoms with Crippen LogP contribution < -0.4 is 0 Å². The van der Waals surface area contributed by atoms with Crippen LogP contribution >= 0.6 is 0 Å². The predicted molar refractivity (Wildman–Crippen MR) is 76.8 cm³/mol. The minimum absolute atomic E-state index is 0.211. The van der Waals surface area contributed by atoms with Crippen LogP contribution in [0.15, 0.2) is 24.3 Å². The van der Waals surface area contributed by atoms with E-state index in [9.17, 15) is 13.5 Å². The molecule has 106 valence electrons. The average molecular weight is 282 g/mol. The molecular weight excluding hydrogens is 260 g/mol. The van der Waals surface area contributed by atoms with E-state index in [1.54, 1.807) is 0 Å². The number of aryl methyl sites for hydroxylation is 1. The summed E-state index contributed by atoms with van der Waals surface area (Å²) < 4.78 is 24.0. The Morgan fingerprint density at radius 3 is 2.53 bits per heavy atom. The van der Waals surface area contributed by atoms with Gasteiger partial charge in [0.1, 0.15) is 0 Å². The highest BCUT2D eigenvalue weighted by atomic mass is 32.2. The Morgan fingerprint density at radius 1 is 1.26 bits per heavy atom. The molecule has 1 aromatic rings. The Kier molecular flexibility index (Phi) is 4.63. The summed E-state index contributed by atoms with van der Waals surface area (Å²) in [6.45, 7) is 2.12. The summed E-state index contributed by atoms with van der Waals surface area (Å²) in [6, 6.07) is 7.69. The topological polar surface area (TPSA) is 54.4 Å². The van der Waals surface area contributed by atoms with Crippen LogP contribution in [0.5, 0.6) is 0 Å². The summed E-state index contributed by atoms with van der Waals surface area (Å²) in [5.41, 5.74) is 1.94. The maximum atomic E-state index is 12.0. The second-order valence-electron chi connectivity index (χ2n) is 5.34. The number of benzene rings is 1. The van der Waals surface area contributed by atoms with Crippen molar-refractivity contribution in [2.45, 2.75) is 50.4 Å². The zero-order valence-electron chi connectivity index (χ0n) is 11.4. The van der Waals surface area contributed by atoms with E-state index in [0.717, 1.165) is 31.2 Å². The van der Waals surface area contributed by atoms with Gasteiger partial charge in [-0.3, -0.25) is 0 Å². The fraction of sp³-hybridized carbons (Fsp3) is 0.600. The highest BCUT2D eigenvalue weighted by molar-refractivity contribution is 7.92. The van der Waals surface area contributed by atoms with Gasteiger partial charge in [0.05, 0.1) is 17.1 Å². The highest BCUT2D eigenvalue weighted by Gasteiger charge is 2.35. The minimum atomic E-state index is -3.14. The number of hydrogen-bond donors (Lipinski definition) is 1. The third-order valence-electron chi connectivity index (χ3n) is 3.84. The molecule has 0 aliphatic carbocycles. The van der Waals surface area contributed by atoms with Gasteiger partial charge in [-0.25, -0.2) is 8.42 Å². The van der Waals surface area contributed by atoms with Gasteiger partial charge in [0.15, 0.2) is 9.84 Å². The molecule has 0 aromatic heterocycles. The summed E-state index contributed by atoms with van der Waals surface area (Å²) in [5.74, 6) is 0.211. The van der Waals surface area contributed by atoms with Gasteiger partial charge < -0.3 is 5.11 Å². The van der Waals surface area contributed by atoms with Gasteiger partial charge in [-0.05, 0) is 30.4 Å². The van der Waals surface area contributed by atoms with Crippen molar-refractivity contribution in [1.82, 2.24) is 0 Å². The molecule has 2 rings (SSSR count). The van der Waals surface area contributed by atoms with E-state index in [0.29, 0.717) is 6.42 Å². The van der Waals surface area contributed by atoms with Crippen LogP contribution in [0.3, 0.4) is 0 Å². The van der Waals surface area contributed by atoms with Gasteiger partial charge in [0, 0.05) is 0 Å². The molecule has 1 aliphatic rings. The molecule has 0 saturated carbocycles. The fourth-order valence-corrected chi connectivity index (χ4v) is 4.70. The first-order valence-corrected chi connectivity index (χ1v) is 8.74. The lowest BCUT2D eigenvalue weighted by atomic mass is 10.00. The molecule has 1 N–H and O–H groups in total. The molecule has 4 heteroatoms. The molecule has 1 aliphatic heterocycles. The van der Waals surface area contributed by atoms with E-state index in [2.05, 4.69) is 6.92 Å². The van der Waals surface area contributed by atoms with Crippen LogP contribution in [0.2, 0.25) is 0 Å². The largest absolute Gasteiger partial charge is 0.387 e. The first-order valence-electron chi connectivity index (χ1n) is 7.03. The summed E-state index contributed by atoms with van der Waals surface area (Å²) in [6.07, 6.45) is 3.38. The smallest absolute Gasteiger partial charge is 0.156 e. The molecule has 1 heterocycles. The number of aliphatic hydroxyl groups excluding tert-OH is 1. The average Bonchev–Trinajstić information content (AvgIpc) is 2.39. The molecule has 2 atom stereocenters. The second kappa shape index (κ2) is 6.06. The lowest BCUT2D eigenvalue weighted by Crippen LogP contribution is -2.33. The summed E-state index contributed by atoms with van der Waals surface area (Å²) in [7, 11) is -3.14. The van der Waals surface area contributed by atoms with Crippen LogP contribution in [0.1, 0.15) is 49.8 Å². The number of hydrogen-bond acceptors (Lipinski definition) is 3. The second-order valence-corrected chi connectivity index (χ2v) is 7.68. The normalized spacial score (nSPS) is 24.0. The van der Waals surface area contributed by atoms with E-state index >= 15 is 0 Å². The highest BCUT2D eigenvalue weighted by Crippen LogP contribution is 2.30. The molecular formula is C15H22O3S. The van der Waals surface area contributed by atoms with Crippen LogP contribution in [0.25, 0.3) is 0 Å². The third kappa shape index (κ3) is 3.37. The Labute approximate surface area is 115 Å². The maximum Gasteiger partial charge on any atom is 0.156 e. The van der Waals surface area contributed by atoms with Crippen molar-refractivity contribution in [3.63, 3.8) is 0 Å². The Bertz CT molecular complexity index is 505. The van der Waals surface area contributed by atoms with Crippen LogP contribution in [0, 0.1) is 0 Å². The fourth-order valence-electron chi connectivity index (χ4n) is 2.72. The van der Waals surface area contributed by atoms with Crippen molar-refractivity contribution in [3.8, 4) is 0 Å². The van der Waals surface area contributed by atoms with Crippen molar-refractivity contribution >= 4 is 9.84 Å². The van der Waals surface area contributed by atoms with Gasteiger partial charge in [0.2, 0.25) is 0 Å². The molecule has 1 aromatic carbocycles. The zero-order valence-corrected chi connectivity index (χ0v) is 12.2. The van der Waals surface area contributed by atoms with Gasteiger partial charge in [-0.15, -0.1) is 0 Å². The molecule has 1 saturated heterocycles. The van der Waals surface area contributed by atoms with E-state index in [1.807, 2.05) is 24.3 Å². The zero-order chi connectivity index (χ0) is 13.9. The van der Waals surface area contributed by atoms with Crippen LogP contribution in [-0.2, 0) is 16.3 Å². The Balaban J connectivity index is 2.16. The summed E-state index contributed by atoms with van der Waals surface area (Å²) >= 11 is 0. The number of rotatable bonds is 4. The van der Waals surface area contributed by atoms with Crippen molar-refractivity contribution in [2.75, 3.05) is 5.75 Å². The van der Waals surface area contributed by atoms with Crippen molar-refractivity contribution in [3.05, 3.63) is 35.4 Å². The van der Waals surface area contributed by atoms with Crippen molar-refractivity contribution in [1.29, 1.82) is 0 Å². The lowest BCUT2D eigenvalue weighted by Gasteiger charge is -2.27. The molecule has 3 nitrogen and oxygen atoms in total. The molecule has 19 heavy (non-hydrogen) atoms. The molecule has 0 amide bonds. The van der Waals surface area contributed by atoms with Crippen LogP contribution in [-0.4, -0.2) is 24.5 Å². The summed E-state index contributed by atoms with van der Waals surface area (Å²) in [4.78, 5) is 0. The molecule has 2 unspecified atom stereocenters. The molecule has 1 fully saturated rings. The van der Waals surface area contributed by atoms with Crippen molar-refractivity contribution in [2.24, 2.45) is 0 Å². The SMILES string of the molecule is CCCc1ccc(C(O)C2CCCCS2(=O)=O)cc1. The maximum absolute atomic E-state index is 12.0. The lowest BCUT2D eigenvalue weighted by molar-refractivity contribution is 0.164. The van der Waals surface area contributed by atoms with E-state index < -0.39 is 21.2 Å². The summed E-state index contributed by atoms with van der Waals surface area (Å²) in [5, 5.41) is 9.70.